The minimum Gasteiger partial charge on any atom is -0.483 e. The number of nitrogens with one attached hydrogen (secondary N) is 1. The van der Waals surface area contributed by atoms with Crippen LogP contribution >= 0.6 is 27.5 Å². The van der Waals surface area contributed by atoms with Gasteiger partial charge in [0.15, 0.2) is 11.6 Å². The summed E-state index contributed by atoms with van der Waals surface area (Å²) in [5.74, 6) is -0.946. The smallest absolute Gasteiger partial charge is 0.169 e. The Kier molecular flexibility index (Phi) is 4.77. The van der Waals surface area contributed by atoms with Gasteiger partial charge in [0.05, 0.1) is 15.2 Å². The van der Waals surface area contributed by atoms with Gasteiger partial charge in [-0.2, -0.15) is 0 Å². The van der Waals surface area contributed by atoms with Crippen LogP contribution < -0.4 is 10.1 Å². The lowest BCUT2D eigenvalue weighted by Gasteiger charge is -2.11. The molecule has 0 bridgehead atoms. The molecule has 3 nitrogen and oxygen atoms in total. The number of rotatable bonds is 4. The van der Waals surface area contributed by atoms with E-state index in [4.69, 9.17) is 16.3 Å². The third kappa shape index (κ3) is 3.37. The van der Waals surface area contributed by atoms with E-state index in [0.717, 1.165) is 12.1 Å². The highest BCUT2D eigenvalue weighted by Gasteiger charge is 2.12. The number of pyridine rings is 1. The minimum atomic E-state index is -0.794. The Morgan fingerprint density at radius 1 is 1.35 bits per heavy atom. The van der Waals surface area contributed by atoms with Crippen LogP contribution in [-0.4, -0.2) is 12.0 Å². The molecule has 0 fully saturated rings. The lowest BCUT2D eigenvalue weighted by molar-refractivity contribution is 0.283. The molecule has 20 heavy (non-hydrogen) atoms. The van der Waals surface area contributed by atoms with Crippen molar-refractivity contribution in [3.8, 4) is 5.75 Å². The lowest BCUT2D eigenvalue weighted by atomic mass is 10.3. The molecular formula is C13H10BrClF2N2O. The van der Waals surface area contributed by atoms with Gasteiger partial charge in [0, 0.05) is 13.1 Å². The van der Waals surface area contributed by atoms with Crippen molar-refractivity contribution in [1.29, 1.82) is 0 Å². The molecule has 1 aromatic carbocycles. The number of benzene rings is 1. The zero-order valence-corrected chi connectivity index (χ0v) is 12.7. The maximum absolute atomic E-state index is 13.6. The molecule has 0 aliphatic carbocycles. The van der Waals surface area contributed by atoms with Crippen molar-refractivity contribution in [2.24, 2.45) is 0 Å². The second kappa shape index (κ2) is 6.37. The van der Waals surface area contributed by atoms with E-state index in [-0.39, 0.29) is 16.8 Å². The molecule has 1 N–H and O–H groups in total. The molecule has 0 radical (unpaired) electrons. The highest BCUT2D eigenvalue weighted by Crippen LogP contribution is 2.30. The molecule has 2 rings (SSSR count). The first kappa shape index (κ1) is 15.0. The summed E-state index contributed by atoms with van der Waals surface area (Å²) in [6, 6.07) is 5.24. The SMILES string of the molecule is CNc1ccc(Cl)c(COc2c(F)cc(F)cc2Br)n1. The van der Waals surface area contributed by atoms with Gasteiger partial charge in [0.1, 0.15) is 18.2 Å². The first-order chi connectivity index (χ1) is 9.51. The Labute approximate surface area is 128 Å². The molecule has 0 aliphatic heterocycles. The van der Waals surface area contributed by atoms with E-state index in [1.54, 1.807) is 19.2 Å². The fourth-order valence-electron chi connectivity index (χ4n) is 1.53. The van der Waals surface area contributed by atoms with Crippen molar-refractivity contribution in [2.45, 2.75) is 6.61 Å². The summed E-state index contributed by atoms with van der Waals surface area (Å²) in [6.07, 6.45) is 0. The van der Waals surface area contributed by atoms with Gasteiger partial charge < -0.3 is 10.1 Å². The van der Waals surface area contributed by atoms with Crippen molar-refractivity contribution in [3.63, 3.8) is 0 Å². The molecule has 1 aromatic heterocycles. The van der Waals surface area contributed by atoms with Crippen LogP contribution in [0.3, 0.4) is 0 Å². The fraction of sp³-hybridized carbons (Fsp3) is 0.154. The van der Waals surface area contributed by atoms with Crippen LogP contribution in [0.5, 0.6) is 5.75 Å². The highest BCUT2D eigenvalue weighted by atomic mass is 79.9. The van der Waals surface area contributed by atoms with Crippen LogP contribution in [0.2, 0.25) is 5.02 Å². The zero-order chi connectivity index (χ0) is 14.7. The van der Waals surface area contributed by atoms with Gasteiger partial charge in [-0.15, -0.1) is 0 Å². The normalized spacial score (nSPS) is 10.4. The molecular weight excluding hydrogens is 354 g/mol. The van der Waals surface area contributed by atoms with E-state index in [0.29, 0.717) is 16.5 Å². The number of anilines is 1. The summed E-state index contributed by atoms with van der Waals surface area (Å²) >= 11 is 9.04. The first-order valence-electron chi connectivity index (χ1n) is 5.61. The summed E-state index contributed by atoms with van der Waals surface area (Å²) in [7, 11) is 1.72. The predicted octanol–water partition coefficient (Wildman–Crippen LogP) is 4.40. The van der Waals surface area contributed by atoms with E-state index < -0.39 is 11.6 Å². The van der Waals surface area contributed by atoms with E-state index >= 15 is 0 Å². The zero-order valence-electron chi connectivity index (χ0n) is 10.4. The third-order valence-electron chi connectivity index (χ3n) is 2.49. The number of halogens is 4. The molecule has 0 unspecified atom stereocenters. The Balaban J connectivity index is 2.21. The molecule has 0 spiro atoms. The van der Waals surface area contributed by atoms with Gasteiger partial charge in [-0.05, 0) is 34.1 Å². The quantitative estimate of drug-likeness (QED) is 0.874. The van der Waals surface area contributed by atoms with Crippen LogP contribution in [0.1, 0.15) is 5.69 Å². The van der Waals surface area contributed by atoms with Crippen molar-refractivity contribution in [1.82, 2.24) is 4.98 Å². The Bertz CT molecular complexity index is 617. The van der Waals surface area contributed by atoms with Gasteiger partial charge in [-0.3, -0.25) is 0 Å². The average Bonchev–Trinajstić information content (AvgIpc) is 2.39. The molecule has 106 valence electrons. The molecule has 0 atom stereocenters. The topological polar surface area (TPSA) is 34.1 Å². The molecule has 0 aliphatic rings. The number of hydrogen-bond donors (Lipinski definition) is 1. The monoisotopic (exact) mass is 362 g/mol. The van der Waals surface area contributed by atoms with E-state index in [9.17, 15) is 8.78 Å². The molecule has 0 saturated carbocycles. The van der Waals surface area contributed by atoms with Crippen molar-refractivity contribution < 1.29 is 13.5 Å². The van der Waals surface area contributed by atoms with Gasteiger partial charge >= 0.3 is 0 Å². The van der Waals surface area contributed by atoms with Crippen LogP contribution in [0.4, 0.5) is 14.6 Å². The standard InChI is InChI=1S/C13H10BrClF2N2O/c1-18-12-3-2-9(15)11(19-12)6-20-13-8(14)4-7(16)5-10(13)17/h2-5H,6H2,1H3,(H,18,19). The number of aromatic nitrogens is 1. The third-order valence-corrected chi connectivity index (χ3v) is 3.42. The minimum absolute atomic E-state index is 0.0322. The number of ether oxygens (including phenoxy) is 1. The second-order valence-electron chi connectivity index (χ2n) is 3.86. The summed E-state index contributed by atoms with van der Waals surface area (Å²) in [4.78, 5) is 4.20. The van der Waals surface area contributed by atoms with Crippen LogP contribution in [0.15, 0.2) is 28.7 Å². The van der Waals surface area contributed by atoms with Gasteiger partial charge in [-0.25, -0.2) is 13.8 Å². The maximum Gasteiger partial charge on any atom is 0.169 e. The molecule has 1 heterocycles. The number of nitrogens with zero attached hydrogens (tertiary/aromatic N) is 1. The van der Waals surface area contributed by atoms with Crippen molar-refractivity contribution >= 4 is 33.3 Å². The summed E-state index contributed by atoms with van der Waals surface area (Å²) in [6.45, 7) is -0.0322. The van der Waals surface area contributed by atoms with Gasteiger partial charge in [-0.1, -0.05) is 11.6 Å². The van der Waals surface area contributed by atoms with Crippen molar-refractivity contribution in [2.75, 3.05) is 12.4 Å². The molecule has 0 amide bonds. The van der Waals surface area contributed by atoms with Gasteiger partial charge in [0.25, 0.3) is 0 Å². The molecule has 2 aromatic rings. The first-order valence-corrected chi connectivity index (χ1v) is 6.79. The van der Waals surface area contributed by atoms with Gasteiger partial charge in [0.2, 0.25) is 0 Å². The lowest BCUT2D eigenvalue weighted by Crippen LogP contribution is -2.03. The molecule has 0 saturated heterocycles. The molecule has 7 heteroatoms. The largest absolute Gasteiger partial charge is 0.483 e. The van der Waals surface area contributed by atoms with E-state index in [1.807, 2.05) is 0 Å². The maximum atomic E-state index is 13.6. The predicted molar refractivity (Wildman–Crippen MR) is 77.2 cm³/mol. The fourth-order valence-corrected chi connectivity index (χ4v) is 2.21. The number of hydrogen-bond acceptors (Lipinski definition) is 3. The summed E-state index contributed by atoms with van der Waals surface area (Å²) < 4.78 is 32.1. The Morgan fingerprint density at radius 3 is 2.75 bits per heavy atom. The van der Waals surface area contributed by atoms with Crippen LogP contribution in [0, 0.1) is 11.6 Å². The summed E-state index contributed by atoms with van der Waals surface area (Å²) in [5, 5.41) is 3.27. The van der Waals surface area contributed by atoms with Crippen molar-refractivity contribution in [3.05, 3.63) is 51.1 Å². The van der Waals surface area contributed by atoms with Crippen LogP contribution in [0.25, 0.3) is 0 Å². The second-order valence-corrected chi connectivity index (χ2v) is 5.12. The average molecular weight is 364 g/mol. The Morgan fingerprint density at radius 2 is 2.10 bits per heavy atom. The van der Waals surface area contributed by atoms with Crippen LogP contribution in [-0.2, 0) is 6.61 Å². The summed E-state index contributed by atoms with van der Waals surface area (Å²) in [5.41, 5.74) is 0.453. The van der Waals surface area contributed by atoms with E-state index in [1.165, 1.54) is 0 Å². The Hall–Kier alpha value is -1.40. The van der Waals surface area contributed by atoms with E-state index in [2.05, 4.69) is 26.2 Å². The highest BCUT2D eigenvalue weighted by molar-refractivity contribution is 9.10.